The molecule has 0 bridgehead atoms. The van der Waals surface area contributed by atoms with Gasteiger partial charge in [-0.2, -0.15) is 13.2 Å². The molecule has 1 fully saturated rings. The Morgan fingerprint density at radius 2 is 2.12 bits per heavy atom. The SMILES string of the molecule is CN(CC(NC1CC1)C(=O)O)CC(F)(F)F. The number of rotatable bonds is 6. The van der Waals surface area contributed by atoms with E-state index in [2.05, 4.69) is 5.32 Å². The van der Waals surface area contributed by atoms with E-state index in [0.29, 0.717) is 0 Å². The molecule has 0 aromatic heterocycles. The average Bonchev–Trinajstić information content (AvgIpc) is 2.82. The highest BCUT2D eigenvalue weighted by molar-refractivity contribution is 5.73. The van der Waals surface area contributed by atoms with E-state index < -0.39 is 24.7 Å². The van der Waals surface area contributed by atoms with E-state index >= 15 is 0 Å². The van der Waals surface area contributed by atoms with Crippen LogP contribution in [0.2, 0.25) is 0 Å². The summed E-state index contributed by atoms with van der Waals surface area (Å²) in [6.07, 6.45) is -2.50. The van der Waals surface area contributed by atoms with Crippen LogP contribution in [0, 0.1) is 0 Å². The summed E-state index contributed by atoms with van der Waals surface area (Å²) >= 11 is 0. The Morgan fingerprint density at radius 1 is 1.56 bits per heavy atom. The molecule has 1 saturated carbocycles. The number of nitrogens with zero attached hydrogens (tertiary/aromatic N) is 1. The van der Waals surface area contributed by atoms with Crippen LogP contribution in [0.1, 0.15) is 12.8 Å². The van der Waals surface area contributed by atoms with Gasteiger partial charge >= 0.3 is 12.1 Å². The highest BCUT2D eigenvalue weighted by Gasteiger charge is 2.33. The lowest BCUT2D eigenvalue weighted by Gasteiger charge is -2.23. The molecule has 0 aromatic carbocycles. The number of aliphatic carboxylic acids is 1. The van der Waals surface area contributed by atoms with Crippen LogP contribution >= 0.6 is 0 Å². The minimum absolute atomic E-state index is 0.147. The zero-order valence-electron chi connectivity index (χ0n) is 8.92. The van der Waals surface area contributed by atoms with Crippen molar-refractivity contribution < 1.29 is 23.1 Å². The molecule has 2 N–H and O–H groups in total. The molecular formula is C9H15F3N2O2. The van der Waals surface area contributed by atoms with Gasteiger partial charge < -0.3 is 10.4 Å². The fraction of sp³-hybridized carbons (Fsp3) is 0.889. The average molecular weight is 240 g/mol. The van der Waals surface area contributed by atoms with Crippen molar-refractivity contribution in [3.05, 3.63) is 0 Å². The molecule has 0 heterocycles. The highest BCUT2D eigenvalue weighted by atomic mass is 19.4. The smallest absolute Gasteiger partial charge is 0.401 e. The van der Waals surface area contributed by atoms with Gasteiger partial charge in [0, 0.05) is 12.6 Å². The van der Waals surface area contributed by atoms with Gasteiger partial charge in [-0.05, 0) is 19.9 Å². The second-order valence-corrected chi connectivity index (χ2v) is 4.14. The van der Waals surface area contributed by atoms with Crippen molar-refractivity contribution in [2.45, 2.75) is 31.1 Å². The first-order valence-electron chi connectivity index (χ1n) is 5.02. The van der Waals surface area contributed by atoms with Crippen molar-refractivity contribution in [1.82, 2.24) is 10.2 Å². The number of likely N-dealkylation sites (N-methyl/N-ethyl adjacent to an activating group) is 1. The summed E-state index contributed by atoms with van der Waals surface area (Å²) in [6, 6.07) is -0.778. The van der Waals surface area contributed by atoms with E-state index in [9.17, 15) is 18.0 Å². The minimum atomic E-state index is -4.29. The van der Waals surface area contributed by atoms with Crippen molar-refractivity contribution in [3.8, 4) is 0 Å². The summed E-state index contributed by atoms with van der Waals surface area (Å²) in [5.74, 6) is -1.11. The van der Waals surface area contributed by atoms with Gasteiger partial charge in [0.25, 0.3) is 0 Å². The molecule has 0 radical (unpaired) electrons. The molecule has 0 amide bonds. The fourth-order valence-corrected chi connectivity index (χ4v) is 1.42. The standard InChI is InChI=1S/C9H15F3N2O2/c1-14(5-9(10,11)12)4-7(8(15)16)13-6-2-3-6/h6-7,13H,2-5H2,1H3,(H,15,16). The lowest BCUT2D eigenvalue weighted by Crippen LogP contribution is -2.47. The van der Waals surface area contributed by atoms with E-state index in [1.54, 1.807) is 0 Å². The predicted octanol–water partition coefficient (Wildman–Crippen LogP) is 0.686. The van der Waals surface area contributed by atoms with Crippen LogP contribution < -0.4 is 5.32 Å². The number of hydrogen-bond acceptors (Lipinski definition) is 3. The molecular weight excluding hydrogens is 225 g/mol. The third-order valence-corrected chi connectivity index (χ3v) is 2.26. The lowest BCUT2D eigenvalue weighted by atomic mass is 10.2. The van der Waals surface area contributed by atoms with E-state index in [0.717, 1.165) is 17.7 Å². The molecule has 0 saturated heterocycles. The molecule has 16 heavy (non-hydrogen) atoms. The highest BCUT2D eigenvalue weighted by Crippen LogP contribution is 2.20. The summed E-state index contributed by atoms with van der Waals surface area (Å²) in [5.41, 5.74) is 0. The molecule has 1 atom stereocenters. The number of carboxylic acids is 1. The normalized spacial score (nSPS) is 18.8. The Morgan fingerprint density at radius 3 is 2.50 bits per heavy atom. The number of carbonyl (C=O) groups is 1. The van der Waals surface area contributed by atoms with Crippen LogP contribution in [-0.4, -0.2) is 54.4 Å². The Balaban J connectivity index is 2.37. The van der Waals surface area contributed by atoms with E-state index in [-0.39, 0.29) is 12.6 Å². The maximum atomic E-state index is 12.0. The number of alkyl halides is 3. The number of hydrogen-bond donors (Lipinski definition) is 2. The maximum absolute atomic E-state index is 12.0. The summed E-state index contributed by atoms with van der Waals surface area (Å²) in [4.78, 5) is 11.8. The fourth-order valence-electron chi connectivity index (χ4n) is 1.42. The Kier molecular flexibility index (Phi) is 4.15. The molecule has 1 aliphatic carbocycles. The molecule has 4 nitrogen and oxygen atoms in total. The third kappa shape index (κ3) is 5.32. The van der Waals surface area contributed by atoms with E-state index in [1.165, 1.54) is 7.05 Å². The van der Waals surface area contributed by atoms with Gasteiger partial charge in [0.05, 0.1) is 6.54 Å². The molecule has 0 aromatic rings. The van der Waals surface area contributed by atoms with Crippen molar-refractivity contribution in [2.75, 3.05) is 20.1 Å². The zero-order chi connectivity index (χ0) is 12.3. The van der Waals surface area contributed by atoms with Gasteiger partial charge in [0.15, 0.2) is 0 Å². The number of carboxylic acid groups (broad SMARTS) is 1. The number of nitrogens with one attached hydrogen (secondary N) is 1. The van der Waals surface area contributed by atoms with Gasteiger partial charge in [0.2, 0.25) is 0 Å². The van der Waals surface area contributed by atoms with Crippen molar-refractivity contribution >= 4 is 5.97 Å². The molecule has 1 rings (SSSR count). The first-order valence-corrected chi connectivity index (χ1v) is 5.02. The summed E-state index contributed by atoms with van der Waals surface area (Å²) in [6.45, 7) is -1.24. The van der Waals surface area contributed by atoms with Crippen LogP contribution in [0.5, 0.6) is 0 Å². The molecule has 0 aliphatic heterocycles. The van der Waals surface area contributed by atoms with E-state index in [1.807, 2.05) is 0 Å². The lowest BCUT2D eigenvalue weighted by molar-refractivity contribution is -0.149. The summed E-state index contributed by atoms with van der Waals surface area (Å²) in [7, 11) is 1.26. The predicted molar refractivity (Wildman–Crippen MR) is 51.1 cm³/mol. The van der Waals surface area contributed by atoms with Crippen molar-refractivity contribution in [1.29, 1.82) is 0 Å². The topological polar surface area (TPSA) is 52.6 Å². The second kappa shape index (κ2) is 5.01. The quantitative estimate of drug-likeness (QED) is 0.717. The first kappa shape index (κ1) is 13.2. The number of halogens is 3. The Labute approximate surface area is 91.4 Å². The summed E-state index contributed by atoms with van der Waals surface area (Å²) in [5, 5.41) is 11.6. The van der Waals surface area contributed by atoms with Gasteiger partial charge in [-0.15, -0.1) is 0 Å². The largest absolute Gasteiger partial charge is 0.480 e. The van der Waals surface area contributed by atoms with Crippen LogP contribution in [0.25, 0.3) is 0 Å². The monoisotopic (exact) mass is 240 g/mol. The molecule has 94 valence electrons. The summed E-state index contributed by atoms with van der Waals surface area (Å²) < 4.78 is 36.1. The second-order valence-electron chi connectivity index (χ2n) is 4.14. The minimum Gasteiger partial charge on any atom is -0.480 e. The van der Waals surface area contributed by atoms with Gasteiger partial charge in [0.1, 0.15) is 6.04 Å². The molecule has 0 spiro atoms. The molecule has 1 aliphatic rings. The van der Waals surface area contributed by atoms with Crippen molar-refractivity contribution in [2.24, 2.45) is 0 Å². The van der Waals surface area contributed by atoms with Gasteiger partial charge in [-0.3, -0.25) is 9.69 Å². The first-order chi connectivity index (χ1) is 7.28. The van der Waals surface area contributed by atoms with Crippen LogP contribution in [0.15, 0.2) is 0 Å². The molecule has 7 heteroatoms. The van der Waals surface area contributed by atoms with Crippen molar-refractivity contribution in [3.63, 3.8) is 0 Å². The third-order valence-electron chi connectivity index (χ3n) is 2.26. The zero-order valence-corrected chi connectivity index (χ0v) is 8.92. The van der Waals surface area contributed by atoms with Crippen LogP contribution in [-0.2, 0) is 4.79 Å². The van der Waals surface area contributed by atoms with Crippen LogP contribution in [0.4, 0.5) is 13.2 Å². The van der Waals surface area contributed by atoms with Gasteiger partial charge in [-0.1, -0.05) is 0 Å². The van der Waals surface area contributed by atoms with Gasteiger partial charge in [-0.25, -0.2) is 0 Å². The Hall–Kier alpha value is -0.820. The van der Waals surface area contributed by atoms with Crippen LogP contribution in [0.3, 0.4) is 0 Å². The molecule has 1 unspecified atom stereocenters. The Bertz CT molecular complexity index is 254. The maximum Gasteiger partial charge on any atom is 0.401 e. The van der Waals surface area contributed by atoms with E-state index in [4.69, 9.17) is 5.11 Å².